The second-order valence-corrected chi connectivity index (χ2v) is 23.3. The topological polar surface area (TPSA) is 177 Å². The van der Waals surface area contributed by atoms with Crippen molar-refractivity contribution < 1.29 is 54.8 Å². The van der Waals surface area contributed by atoms with Gasteiger partial charge in [-0.3, -0.25) is 0 Å². The SMILES string of the molecule is CC1CC(C)(C)OB(c2c(F)c3c4nsnc4c(B4OC(CCC5(C)COB(c6c(F)c7c8nsnc8c(B8OCC(C)(C)CO8)c(F)c7c7nsnc67)OC5)CC(C)(C)O4)c(F)c3c3nsnc23)O1. The molecule has 8 heterocycles. The van der Waals surface area contributed by atoms with E-state index >= 15 is 17.6 Å². The van der Waals surface area contributed by atoms with Crippen molar-refractivity contribution in [3.8, 4) is 0 Å². The van der Waals surface area contributed by atoms with E-state index in [1.165, 1.54) is 0 Å². The molecule has 4 aliphatic heterocycles. The molecule has 0 spiro atoms. The molecule has 4 aromatic carbocycles. The van der Waals surface area contributed by atoms with Crippen LogP contribution in [-0.2, 0) is 37.2 Å². The molecule has 2 atom stereocenters. The molecule has 4 fully saturated rings. The third kappa shape index (κ3) is 7.76. The van der Waals surface area contributed by atoms with E-state index in [1.54, 1.807) is 0 Å². The third-order valence-electron chi connectivity index (χ3n) is 13.7. The molecule has 4 aromatic heterocycles. The van der Waals surface area contributed by atoms with Gasteiger partial charge in [-0.15, -0.1) is 0 Å². The molecule has 70 heavy (non-hydrogen) atoms. The second-order valence-electron chi connectivity index (χ2n) is 21.2. The average Bonchev–Trinajstić information content (AvgIpc) is 4.14. The Morgan fingerprint density at radius 1 is 0.471 bits per heavy atom. The highest BCUT2D eigenvalue weighted by molar-refractivity contribution is 7.01. The van der Waals surface area contributed by atoms with Gasteiger partial charge in [0, 0.05) is 71.3 Å². The fraction of sp³-hybridized carbons (Fsp3) is 0.524. The van der Waals surface area contributed by atoms with Gasteiger partial charge in [-0.2, -0.15) is 35.0 Å². The summed E-state index contributed by atoms with van der Waals surface area (Å²) in [6.45, 7) is 16.4. The highest BCUT2D eigenvalue weighted by Gasteiger charge is 2.48. The number of hydrogen-bond acceptors (Lipinski definition) is 20. The van der Waals surface area contributed by atoms with Crippen molar-refractivity contribution in [2.24, 2.45) is 10.8 Å². The van der Waals surface area contributed by atoms with E-state index < -0.39 is 74.5 Å². The van der Waals surface area contributed by atoms with E-state index in [4.69, 9.17) is 37.2 Å². The molecule has 0 aliphatic carbocycles. The van der Waals surface area contributed by atoms with Crippen molar-refractivity contribution in [2.75, 3.05) is 26.4 Å². The van der Waals surface area contributed by atoms with Crippen LogP contribution in [0, 0.1) is 34.1 Å². The van der Waals surface area contributed by atoms with Crippen molar-refractivity contribution in [3.63, 3.8) is 0 Å². The highest BCUT2D eigenvalue weighted by atomic mass is 32.1. The Hall–Kier alpha value is -3.66. The Morgan fingerprint density at radius 2 is 0.814 bits per heavy atom. The molecule has 2 unspecified atom stereocenters. The molecule has 0 amide bonds. The maximum absolute atomic E-state index is 17.5. The normalized spacial score (nSPS) is 22.8. The molecule has 4 saturated heterocycles. The molecular formula is C42H42B4F4N8O8S4. The lowest BCUT2D eigenvalue weighted by Gasteiger charge is -2.42. The Balaban J connectivity index is 0.813. The first kappa shape index (κ1) is 47.4. The first-order chi connectivity index (χ1) is 33.3. The average molecular weight is 1030 g/mol. The summed E-state index contributed by atoms with van der Waals surface area (Å²) >= 11 is 3.29. The molecule has 0 bridgehead atoms. The van der Waals surface area contributed by atoms with Gasteiger partial charge >= 0.3 is 28.5 Å². The zero-order chi connectivity index (χ0) is 48.8. The Bertz CT molecular complexity index is 3420. The lowest BCUT2D eigenvalue weighted by molar-refractivity contribution is -0.0439. The van der Waals surface area contributed by atoms with Crippen LogP contribution in [0.2, 0.25) is 0 Å². The Morgan fingerprint density at radius 3 is 1.21 bits per heavy atom. The van der Waals surface area contributed by atoms with Crippen LogP contribution in [0.15, 0.2) is 0 Å². The fourth-order valence-electron chi connectivity index (χ4n) is 10.5. The lowest BCUT2D eigenvalue weighted by Crippen LogP contribution is -2.54. The summed E-state index contributed by atoms with van der Waals surface area (Å²) in [5.74, 6) is -3.15. The van der Waals surface area contributed by atoms with Gasteiger partial charge in [-0.25, -0.2) is 17.6 Å². The van der Waals surface area contributed by atoms with Crippen LogP contribution >= 0.6 is 46.9 Å². The summed E-state index contributed by atoms with van der Waals surface area (Å²) in [6, 6.07) is 0. The van der Waals surface area contributed by atoms with Gasteiger partial charge in [0.25, 0.3) is 0 Å². The summed E-state index contributed by atoms with van der Waals surface area (Å²) in [6.07, 6.45) is 1.35. The van der Waals surface area contributed by atoms with Gasteiger partial charge in [0.1, 0.15) is 67.4 Å². The summed E-state index contributed by atoms with van der Waals surface area (Å²) < 4.78 is 154. The molecule has 4 aliphatic rings. The molecule has 0 saturated carbocycles. The first-order valence-corrected chi connectivity index (χ1v) is 25.8. The Labute approximate surface area is 415 Å². The Kier molecular flexibility index (Phi) is 11.5. The minimum absolute atomic E-state index is 0.0136. The third-order valence-corrected chi connectivity index (χ3v) is 15.8. The van der Waals surface area contributed by atoms with Crippen LogP contribution in [0.1, 0.15) is 81.1 Å². The number of fused-ring (bicyclic) bond motifs is 10. The number of nitrogens with zero attached hydrogens (tertiary/aromatic N) is 8. The number of hydrogen-bond donors (Lipinski definition) is 0. The zero-order valence-corrected chi connectivity index (χ0v) is 42.4. The summed E-state index contributed by atoms with van der Waals surface area (Å²) in [7, 11) is -4.65. The quantitative estimate of drug-likeness (QED) is 0.131. The van der Waals surface area contributed by atoms with Crippen molar-refractivity contribution in [1.29, 1.82) is 0 Å². The largest absolute Gasteiger partial charge is 0.499 e. The summed E-state index contributed by atoms with van der Waals surface area (Å²) in [5.41, 5.74) is -1.23. The van der Waals surface area contributed by atoms with Gasteiger partial charge in [0.2, 0.25) is 0 Å². The molecule has 8 aromatic rings. The maximum atomic E-state index is 17.5. The minimum atomic E-state index is -1.25. The van der Waals surface area contributed by atoms with E-state index in [0.29, 0.717) is 38.9 Å². The zero-order valence-electron chi connectivity index (χ0n) is 39.1. The monoisotopic (exact) mass is 1030 g/mol. The number of rotatable bonds is 7. The van der Waals surface area contributed by atoms with E-state index in [0.717, 1.165) is 46.9 Å². The van der Waals surface area contributed by atoms with Crippen LogP contribution in [-0.4, -0.2) is 113 Å². The highest BCUT2D eigenvalue weighted by Crippen LogP contribution is 2.40. The standard InChI is InChI=1S/C42H42B4F4N8O8S4/c1-17-11-40(4,5)65-45(63-17)25-29(49)21-22(33-37(25)57-69-53-33)30(50)26(38-34(21)54-70-58-38)46-64-18(12-41(6,7)66-46)9-10-42(8)15-61-44(62-16-42)24-28(48)20-19(32-36(24)56-68-52-32)27(47)23(35-31(20)51-67-55-35)43-59-13-39(2,3)14-60-43/h17-18H,9-16H2,1-8H3. The first-order valence-electron chi connectivity index (χ1n) is 22.9. The van der Waals surface area contributed by atoms with Crippen molar-refractivity contribution in [1.82, 2.24) is 35.0 Å². The lowest BCUT2D eigenvalue weighted by atomic mass is 9.70. The van der Waals surface area contributed by atoms with E-state index in [1.807, 2.05) is 55.4 Å². The second kappa shape index (κ2) is 16.9. The van der Waals surface area contributed by atoms with Gasteiger partial charge in [-0.1, -0.05) is 20.8 Å². The van der Waals surface area contributed by atoms with E-state index in [9.17, 15) is 0 Å². The van der Waals surface area contributed by atoms with Crippen LogP contribution in [0.5, 0.6) is 0 Å². The number of benzene rings is 4. The van der Waals surface area contributed by atoms with Gasteiger partial charge in [0.15, 0.2) is 0 Å². The molecule has 362 valence electrons. The molecule has 28 heteroatoms. The molecular weight excluding hydrogens is 992 g/mol. The predicted molar refractivity (Wildman–Crippen MR) is 263 cm³/mol. The molecule has 0 N–H and O–H groups in total. The van der Waals surface area contributed by atoms with Crippen LogP contribution < -0.4 is 21.9 Å². The van der Waals surface area contributed by atoms with Gasteiger partial charge in [0.05, 0.1) is 79.7 Å². The van der Waals surface area contributed by atoms with Gasteiger partial charge < -0.3 is 37.2 Å². The van der Waals surface area contributed by atoms with E-state index in [2.05, 4.69) is 35.0 Å². The van der Waals surface area contributed by atoms with Crippen molar-refractivity contribution in [3.05, 3.63) is 23.3 Å². The van der Waals surface area contributed by atoms with E-state index in [-0.39, 0.29) is 112 Å². The fourth-order valence-corrected chi connectivity index (χ4v) is 12.7. The van der Waals surface area contributed by atoms with Gasteiger partial charge in [-0.05, 0) is 60.3 Å². The predicted octanol–water partition coefficient (Wildman–Crippen LogP) is 6.14. The number of aromatic nitrogens is 8. The van der Waals surface area contributed by atoms with Crippen LogP contribution in [0.3, 0.4) is 0 Å². The molecule has 0 radical (unpaired) electrons. The summed E-state index contributed by atoms with van der Waals surface area (Å²) in [5, 5.41) is -0.422. The number of halogens is 4. The summed E-state index contributed by atoms with van der Waals surface area (Å²) in [4.78, 5) is 0. The minimum Gasteiger partial charge on any atom is -0.407 e. The van der Waals surface area contributed by atoms with Crippen LogP contribution in [0.4, 0.5) is 17.6 Å². The maximum Gasteiger partial charge on any atom is 0.499 e. The van der Waals surface area contributed by atoms with Crippen molar-refractivity contribution >= 4 is 163 Å². The molecule has 12 rings (SSSR count). The molecule has 16 nitrogen and oxygen atoms in total. The van der Waals surface area contributed by atoms with Crippen molar-refractivity contribution in [2.45, 2.75) is 104 Å². The van der Waals surface area contributed by atoms with Crippen LogP contribution in [0.25, 0.3) is 65.7 Å². The smallest absolute Gasteiger partial charge is 0.407 e.